The number of ether oxygens (including phenoxy) is 1. The first kappa shape index (κ1) is 15.4. The second-order valence-corrected chi connectivity index (χ2v) is 7.15. The van der Waals surface area contributed by atoms with Crippen LogP contribution in [0.3, 0.4) is 0 Å². The van der Waals surface area contributed by atoms with Crippen LogP contribution in [0, 0.1) is 0 Å². The van der Waals surface area contributed by atoms with E-state index in [0.29, 0.717) is 6.61 Å². The second-order valence-electron chi connectivity index (χ2n) is 7.15. The number of fused-ring (bicyclic) bond motifs is 7. The molecular weight excluding hydrogens is 342 g/mol. The van der Waals surface area contributed by atoms with Crippen molar-refractivity contribution in [2.45, 2.75) is 6.61 Å². The molecule has 0 N–H and O–H groups in total. The zero-order valence-electron chi connectivity index (χ0n) is 15.2. The molecule has 0 radical (unpaired) electrons. The fraction of sp³-hybridized carbons (Fsp3) is 0.0385. The van der Waals surface area contributed by atoms with Gasteiger partial charge in [-0.1, -0.05) is 78.9 Å². The average Bonchev–Trinajstić information content (AvgIpc) is 2.78. The molecule has 2 heteroatoms. The van der Waals surface area contributed by atoms with Gasteiger partial charge < -0.3 is 4.74 Å². The summed E-state index contributed by atoms with van der Waals surface area (Å²) in [6.07, 6.45) is 0. The Balaban J connectivity index is 1.83. The van der Waals surface area contributed by atoms with Crippen LogP contribution in [0.4, 0.5) is 0 Å². The number of hydrogen-bond acceptors (Lipinski definition) is 2. The lowest BCUT2D eigenvalue weighted by atomic mass is 9.88. The van der Waals surface area contributed by atoms with E-state index in [-0.39, 0.29) is 0 Å². The van der Waals surface area contributed by atoms with E-state index < -0.39 is 0 Å². The molecule has 4 aromatic carbocycles. The predicted molar refractivity (Wildman–Crippen MR) is 114 cm³/mol. The quantitative estimate of drug-likeness (QED) is 0.314. The number of nitrogens with zero attached hydrogens (tertiary/aromatic N) is 1. The summed E-state index contributed by atoms with van der Waals surface area (Å²) in [6.45, 7) is 0.530. The largest absolute Gasteiger partial charge is 0.488 e. The van der Waals surface area contributed by atoms with E-state index in [1.165, 1.54) is 21.7 Å². The van der Waals surface area contributed by atoms with Gasteiger partial charge in [0.15, 0.2) is 0 Å². The lowest BCUT2D eigenvalue weighted by Gasteiger charge is -2.25. The normalized spacial score (nSPS) is 12.4. The van der Waals surface area contributed by atoms with Crippen LogP contribution >= 0.6 is 0 Å². The standard InChI is InChI=1S/C26H17NO/c1-2-9-18(10-3-1)26-21-16-28-23-13-7-6-12-20(23)24(21)25-19-11-5-4-8-17(19)14-15-22(25)27-26/h1-15H,16H2. The van der Waals surface area contributed by atoms with E-state index in [2.05, 4.69) is 78.9 Å². The molecule has 0 amide bonds. The van der Waals surface area contributed by atoms with E-state index in [1.54, 1.807) is 0 Å². The van der Waals surface area contributed by atoms with Gasteiger partial charge in [0.05, 0.1) is 11.2 Å². The van der Waals surface area contributed by atoms with Gasteiger partial charge in [-0.2, -0.15) is 0 Å². The SMILES string of the molecule is c1ccc(-c2nc3ccc4ccccc4c3c3c2COc2ccccc2-3)cc1. The molecule has 2 nitrogen and oxygen atoms in total. The molecule has 0 atom stereocenters. The minimum absolute atomic E-state index is 0.530. The van der Waals surface area contributed by atoms with Crippen molar-refractivity contribution < 1.29 is 4.74 Å². The zero-order chi connectivity index (χ0) is 18.5. The van der Waals surface area contributed by atoms with Gasteiger partial charge in [-0.3, -0.25) is 0 Å². The molecule has 0 bridgehead atoms. The molecule has 0 saturated carbocycles. The Bertz CT molecular complexity index is 1360. The third kappa shape index (κ3) is 2.18. The second kappa shape index (κ2) is 5.93. The minimum Gasteiger partial charge on any atom is -0.488 e. The van der Waals surface area contributed by atoms with Crippen LogP contribution in [0.15, 0.2) is 91.0 Å². The Labute approximate surface area is 163 Å². The summed E-state index contributed by atoms with van der Waals surface area (Å²) in [5.41, 5.74) is 6.71. The number of para-hydroxylation sites is 1. The molecule has 132 valence electrons. The first-order valence-corrected chi connectivity index (χ1v) is 9.52. The summed E-state index contributed by atoms with van der Waals surface area (Å²) < 4.78 is 6.13. The molecule has 6 rings (SSSR count). The predicted octanol–water partition coefficient (Wildman–Crippen LogP) is 6.61. The van der Waals surface area contributed by atoms with E-state index >= 15 is 0 Å². The monoisotopic (exact) mass is 359 g/mol. The highest BCUT2D eigenvalue weighted by Gasteiger charge is 2.25. The first-order valence-electron chi connectivity index (χ1n) is 9.52. The Kier molecular flexibility index (Phi) is 3.26. The molecule has 2 heterocycles. The number of hydrogen-bond donors (Lipinski definition) is 0. The number of pyridine rings is 1. The van der Waals surface area contributed by atoms with Gasteiger partial charge in [0, 0.05) is 27.6 Å². The van der Waals surface area contributed by atoms with Crippen molar-refractivity contribution in [1.29, 1.82) is 0 Å². The van der Waals surface area contributed by atoms with Gasteiger partial charge in [-0.25, -0.2) is 4.98 Å². The van der Waals surface area contributed by atoms with Crippen LogP contribution < -0.4 is 4.74 Å². The highest BCUT2D eigenvalue weighted by Crippen LogP contribution is 2.46. The maximum Gasteiger partial charge on any atom is 0.127 e. The number of benzene rings is 4. The van der Waals surface area contributed by atoms with Gasteiger partial charge in [-0.15, -0.1) is 0 Å². The smallest absolute Gasteiger partial charge is 0.127 e. The highest BCUT2D eigenvalue weighted by atomic mass is 16.5. The van der Waals surface area contributed by atoms with Crippen LogP contribution in [0.25, 0.3) is 44.1 Å². The highest BCUT2D eigenvalue weighted by molar-refractivity contribution is 6.15. The van der Waals surface area contributed by atoms with E-state index in [1.807, 2.05) is 12.1 Å². The van der Waals surface area contributed by atoms with Crippen molar-refractivity contribution in [3.05, 3.63) is 96.6 Å². The van der Waals surface area contributed by atoms with Crippen LogP contribution in [0.2, 0.25) is 0 Å². The van der Waals surface area contributed by atoms with E-state index in [4.69, 9.17) is 9.72 Å². The summed E-state index contributed by atoms with van der Waals surface area (Å²) in [7, 11) is 0. The summed E-state index contributed by atoms with van der Waals surface area (Å²) in [5.74, 6) is 0.939. The maximum atomic E-state index is 6.13. The van der Waals surface area contributed by atoms with Gasteiger partial charge in [0.25, 0.3) is 0 Å². The third-order valence-electron chi connectivity index (χ3n) is 5.55. The van der Waals surface area contributed by atoms with Crippen LogP contribution in [0.5, 0.6) is 5.75 Å². The molecule has 0 unspecified atom stereocenters. The topological polar surface area (TPSA) is 22.1 Å². The van der Waals surface area contributed by atoms with Crippen molar-refractivity contribution in [2.24, 2.45) is 0 Å². The fourth-order valence-electron chi connectivity index (χ4n) is 4.29. The Morgan fingerprint density at radius 3 is 2.43 bits per heavy atom. The molecular formula is C26H17NO. The fourth-order valence-corrected chi connectivity index (χ4v) is 4.29. The molecule has 0 fully saturated rings. The van der Waals surface area contributed by atoms with Gasteiger partial charge in [0.2, 0.25) is 0 Å². The Morgan fingerprint density at radius 2 is 1.50 bits per heavy atom. The molecule has 1 aromatic heterocycles. The van der Waals surface area contributed by atoms with E-state index in [0.717, 1.165) is 33.7 Å². The summed E-state index contributed by atoms with van der Waals surface area (Å²) in [4.78, 5) is 5.10. The van der Waals surface area contributed by atoms with Crippen LogP contribution in [-0.2, 0) is 6.61 Å². The lowest BCUT2D eigenvalue weighted by Crippen LogP contribution is -2.09. The van der Waals surface area contributed by atoms with Crippen molar-refractivity contribution >= 4 is 21.7 Å². The molecule has 0 saturated heterocycles. The molecule has 1 aliphatic heterocycles. The van der Waals surface area contributed by atoms with Gasteiger partial charge >= 0.3 is 0 Å². The molecule has 0 spiro atoms. The summed E-state index contributed by atoms with van der Waals surface area (Å²) in [5, 5.41) is 3.68. The first-order chi connectivity index (χ1) is 13.9. The van der Waals surface area contributed by atoms with Gasteiger partial charge in [0.1, 0.15) is 12.4 Å². The molecule has 5 aromatic rings. The third-order valence-corrected chi connectivity index (χ3v) is 5.55. The van der Waals surface area contributed by atoms with Crippen molar-refractivity contribution in [2.75, 3.05) is 0 Å². The molecule has 1 aliphatic rings. The van der Waals surface area contributed by atoms with Crippen molar-refractivity contribution in [3.63, 3.8) is 0 Å². The van der Waals surface area contributed by atoms with E-state index in [9.17, 15) is 0 Å². The van der Waals surface area contributed by atoms with Crippen molar-refractivity contribution in [1.82, 2.24) is 4.98 Å². The lowest BCUT2D eigenvalue weighted by molar-refractivity contribution is 0.303. The number of aromatic nitrogens is 1. The van der Waals surface area contributed by atoms with Gasteiger partial charge in [-0.05, 0) is 22.9 Å². The number of rotatable bonds is 1. The maximum absolute atomic E-state index is 6.13. The summed E-state index contributed by atoms with van der Waals surface area (Å²) >= 11 is 0. The minimum atomic E-state index is 0.530. The molecule has 28 heavy (non-hydrogen) atoms. The van der Waals surface area contributed by atoms with Crippen LogP contribution in [-0.4, -0.2) is 4.98 Å². The average molecular weight is 359 g/mol. The Morgan fingerprint density at radius 1 is 0.714 bits per heavy atom. The summed E-state index contributed by atoms with van der Waals surface area (Å²) in [6, 6.07) is 31.6. The Hall–Kier alpha value is -3.65. The van der Waals surface area contributed by atoms with Crippen LogP contribution in [0.1, 0.15) is 5.56 Å². The molecule has 0 aliphatic carbocycles. The zero-order valence-corrected chi connectivity index (χ0v) is 15.2. The van der Waals surface area contributed by atoms with Crippen molar-refractivity contribution in [3.8, 4) is 28.1 Å².